The van der Waals surface area contributed by atoms with Gasteiger partial charge in [-0.1, -0.05) is 12.2 Å². The van der Waals surface area contributed by atoms with Crippen molar-refractivity contribution in [3.63, 3.8) is 0 Å². The van der Waals surface area contributed by atoms with Crippen molar-refractivity contribution in [2.45, 2.75) is 123 Å². The lowest BCUT2D eigenvalue weighted by Crippen LogP contribution is -2.67. The van der Waals surface area contributed by atoms with Crippen LogP contribution in [0.5, 0.6) is 0 Å². The first-order valence-corrected chi connectivity index (χ1v) is 16.8. The van der Waals surface area contributed by atoms with Crippen molar-refractivity contribution in [1.29, 1.82) is 0 Å². The van der Waals surface area contributed by atoms with Gasteiger partial charge < -0.3 is 104 Å². The number of rotatable bonds is 16. The average Bonchev–Trinajstić information content (AvgIpc) is 3.40. The lowest BCUT2D eigenvalue weighted by Gasteiger charge is -2.46. The van der Waals surface area contributed by atoms with Gasteiger partial charge in [-0.3, -0.25) is 4.79 Å². The van der Waals surface area contributed by atoms with E-state index in [1.54, 1.807) is 12.2 Å². The number of hydrogen-bond donors (Lipinski definition) is 14. The van der Waals surface area contributed by atoms with Gasteiger partial charge >= 0.3 is 0 Å². The molecule has 3 heterocycles. The zero-order valence-corrected chi connectivity index (χ0v) is 27.7. The molecule has 1 amide bonds. The summed E-state index contributed by atoms with van der Waals surface area (Å²) >= 11 is 0. The molecule has 3 fully saturated rings. The molecule has 0 aromatic carbocycles. The van der Waals surface area contributed by atoms with E-state index >= 15 is 0 Å². The number of aliphatic hydroxyl groups excluding tert-OH is 6. The molecule has 2 saturated heterocycles. The minimum atomic E-state index is -1.65. The number of hydrogen-bond acceptors (Lipinski definition) is 20. The predicted octanol–water partition coefficient (Wildman–Crippen LogP) is -8.60. The topological polar surface area (TPSA) is 374 Å². The van der Waals surface area contributed by atoms with E-state index in [-0.39, 0.29) is 19.5 Å². The SMILES string of the molecule is NCCCNC[C@@H]1C=C[C@@H](N)[C@@H](O[C@H]2[C@H](O[C@@H]3O[C@H](CO)[C@@H](O[C@H]4O[C@@H](CN)[C@@H](O)[C@H](O)[C@H]4N)[C@H]3O)[C@@H](O)[C@H](NC(=O)C(O)CN)C[C@@H]2N)O1. The molecular formula is C29H56N8O13. The largest absolute Gasteiger partial charge is 0.394 e. The Kier molecular flexibility index (Phi) is 15.6. The van der Waals surface area contributed by atoms with E-state index < -0.39 is 123 Å². The minimum Gasteiger partial charge on any atom is -0.394 e. The molecule has 1 aliphatic carbocycles. The van der Waals surface area contributed by atoms with Gasteiger partial charge in [0.25, 0.3) is 0 Å². The van der Waals surface area contributed by atoms with Crippen LogP contribution in [0.15, 0.2) is 12.2 Å². The molecular weight excluding hydrogens is 668 g/mol. The first-order chi connectivity index (χ1) is 23.8. The maximum Gasteiger partial charge on any atom is 0.250 e. The summed E-state index contributed by atoms with van der Waals surface area (Å²) in [5, 5.41) is 69.4. The van der Waals surface area contributed by atoms with Gasteiger partial charge in [0.2, 0.25) is 5.91 Å². The summed E-state index contributed by atoms with van der Waals surface area (Å²) < 4.78 is 35.8. The Morgan fingerprint density at radius 3 is 2.18 bits per heavy atom. The van der Waals surface area contributed by atoms with Gasteiger partial charge in [-0.15, -0.1) is 0 Å². The van der Waals surface area contributed by atoms with Crippen LogP contribution in [0, 0.1) is 0 Å². The van der Waals surface area contributed by atoms with Crippen molar-refractivity contribution in [3.05, 3.63) is 12.2 Å². The zero-order valence-electron chi connectivity index (χ0n) is 27.7. The Morgan fingerprint density at radius 1 is 0.840 bits per heavy atom. The number of amides is 1. The van der Waals surface area contributed by atoms with Crippen molar-refractivity contribution < 1.29 is 63.9 Å². The van der Waals surface area contributed by atoms with Gasteiger partial charge in [0.05, 0.1) is 30.8 Å². The van der Waals surface area contributed by atoms with Gasteiger partial charge in [0.15, 0.2) is 18.9 Å². The maximum absolute atomic E-state index is 12.5. The maximum atomic E-state index is 12.5. The molecule has 50 heavy (non-hydrogen) atoms. The molecule has 1 saturated carbocycles. The fraction of sp³-hybridized carbons (Fsp3) is 0.897. The zero-order chi connectivity index (χ0) is 36.7. The predicted molar refractivity (Wildman–Crippen MR) is 172 cm³/mol. The molecule has 0 bridgehead atoms. The Morgan fingerprint density at radius 2 is 1.52 bits per heavy atom. The first kappa shape index (κ1) is 41.2. The molecule has 3 aliphatic heterocycles. The lowest BCUT2D eigenvalue weighted by molar-refractivity contribution is -0.284. The number of ether oxygens (including phenoxy) is 6. The highest BCUT2D eigenvalue weighted by Gasteiger charge is 2.54. The molecule has 0 aromatic rings. The van der Waals surface area contributed by atoms with Crippen LogP contribution >= 0.6 is 0 Å². The summed E-state index contributed by atoms with van der Waals surface area (Å²) in [6.07, 6.45) is -14.1. The van der Waals surface area contributed by atoms with E-state index in [1.165, 1.54) is 0 Å². The van der Waals surface area contributed by atoms with Crippen LogP contribution in [-0.4, -0.2) is 186 Å². The first-order valence-electron chi connectivity index (χ1n) is 16.8. The van der Waals surface area contributed by atoms with Crippen molar-refractivity contribution in [3.8, 4) is 0 Å². The van der Waals surface area contributed by atoms with Crippen molar-refractivity contribution in [2.24, 2.45) is 34.4 Å². The highest BCUT2D eigenvalue weighted by Crippen LogP contribution is 2.34. The average molecular weight is 725 g/mol. The van der Waals surface area contributed by atoms with Crippen LogP contribution in [-0.2, 0) is 33.2 Å². The van der Waals surface area contributed by atoms with Crippen LogP contribution in [0.1, 0.15) is 12.8 Å². The number of aliphatic hydroxyl groups is 6. The second-order valence-electron chi connectivity index (χ2n) is 13.0. The van der Waals surface area contributed by atoms with Gasteiger partial charge in [-0.25, -0.2) is 0 Å². The molecule has 18 atom stereocenters. The van der Waals surface area contributed by atoms with E-state index in [1.807, 2.05) is 0 Å². The van der Waals surface area contributed by atoms with Crippen LogP contribution < -0.4 is 45.0 Å². The summed E-state index contributed by atoms with van der Waals surface area (Å²) in [6, 6.07) is -4.01. The molecule has 4 rings (SSSR count). The Bertz CT molecular complexity index is 1090. The fourth-order valence-electron chi connectivity index (χ4n) is 6.33. The van der Waals surface area contributed by atoms with E-state index in [9.17, 15) is 35.4 Å². The van der Waals surface area contributed by atoms with E-state index in [2.05, 4.69) is 10.6 Å². The summed E-state index contributed by atoms with van der Waals surface area (Å²) in [7, 11) is 0. The number of nitrogens with two attached hydrogens (primary N) is 6. The van der Waals surface area contributed by atoms with Crippen molar-refractivity contribution in [1.82, 2.24) is 10.6 Å². The Labute approximate surface area is 289 Å². The van der Waals surface area contributed by atoms with Crippen LogP contribution in [0.3, 0.4) is 0 Å². The third kappa shape index (κ3) is 9.70. The number of carbonyl (C=O) groups is 1. The van der Waals surface area contributed by atoms with Gasteiger partial charge in [-0.05, 0) is 25.9 Å². The molecule has 0 aromatic heterocycles. The summed E-state index contributed by atoms with van der Waals surface area (Å²) in [6.45, 7) is 0.400. The summed E-state index contributed by atoms with van der Waals surface area (Å²) in [5.74, 6) is -0.854. The molecule has 20 N–H and O–H groups in total. The van der Waals surface area contributed by atoms with E-state index in [0.29, 0.717) is 19.6 Å². The van der Waals surface area contributed by atoms with E-state index in [4.69, 9.17) is 62.8 Å². The smallest absolute Gasteiger partial charge is 0.250 e. The monoisotopic (exact) mass is 724 g/mol. The highest BCUT2D eigenvalue weighted by molar-refractivity contribution is 5.81. The molecule has 21 nitrogen and oxygen atoms in total. The standard InChI is InChI=1S/C29H56N8O13/c30-4-1-5-36-9-11-2-3-12(33)27(45-11)48-23-13(34)6-14(37-26(44)15(39)7-31)19(40)25(23)50-29-22(43)24(17(10-38)47-29)49-28-18(35)21(42)20(41)16(8-32)46-28/h2-3,11-25,27-29,36,38-43H,1,4-10,30-35H2,(H,37,44)/t11-,12+,13-,14+,15?,16-,17+,18+,19-,20+,21+,22+,23+,24+,25+,27+,28+,29-/m0/s1. The summed E-state index contributed by atoms with van der Waals surface area (Å²) in [5.41, 5.74) is 35.5. The normalized spacial score (nSPS) is 44.3. The van der Waals surface area contributed by atoms with Gasteiger partial charge in [0.1, 0.15) is 61.0 Å². The van der Waals surface area contributed by atoms with Crippen molar-refractivity contribution >= 4 is 5.91 Å². The summed E-state index contributed by atoms with van der Waals surface area (Å²) in [4.78, 5) is 12.5. The third-order valence-corrected chi connectivity index (χ3v) is 9.27. The molecule has 0 spiro atoms. The van der Waals surface area contributed by atoms with Crippen LogP contribution in [0.25, 0.3) is 0 Å². The molecule has 21 heteroatoms. The molecule has 4 aliphatic rings. The van der Waals surface area contributed by atoms with E-state index in [0.717, 1.165) is 6.42 Å². The van der Waals surface area contributed by atoms with Crippen LogP contribution in [0.4, 0.5) is 0 Å². The van der Waals surface area contributed by atoms with Crippen molar-refractivity contribution in [2.75, 3.05) is 39.3 Å². The number of carbonyl (C=O) groups excluding carboxylic acids is 1. The number of nitrogens with one attached hydrogen (secondary N) is 2. The fourth-order valence-corrected chi connectivity index (χ4v) is 6.33. The molecule has 290 valence electrons. The highest BCUT2D eigenvalue weighted by atomic mass is 16.8. The second-order valence-corrected chi connectivity index (χ2v) is 13.0. The Balaban J connectivity index is 1.53. The van der Waals surface area contributed by atoms with Gasteiger partial charge in [0, 0.05) is 25.7 Å². The second kappa shape index (κ2) is 19.0. The lowest BCUT2D eigenvalue weighted by atomic mass is 9.83. The van der Waals surface area contributed by atoms with Gasteiger partial charge in [-0.2, -0.15) is 0 Å². The Hall–Kier alpha value is -1.55. The third-order valence-electron chi connectivity index (χ3n) is 9.27. The van der Waals surface area contributed by atoms with Crippen LogP contribution in [0.2, 0.25) is 0 Å². The molecule has 1 unspecified atom stereocenters. The minimum absolute atomic E-state index is 0.0386. The molecule has 0 radical (unpaired) electrons. The quantitative estimate of drug-likeness (QED) is 0.0519.